The molecule has 0 radical (unpaired) electrons. The Bertz CT molecular complexity index is 1230. The van der Waals surface area contributed by atoms with Crippen molar-refractivity contribution in [1.29, 1.82) is 0 Å². The molecule has 0 aliphatic rings. The molecule has 0 bridgehead atoms. The summed E-state index contributed by atoms with van der Waals surface area (Å²) in [5, 5.41) is 9.29. The van der Waals surface area contributed by atoms with Crippen LogP contribution in [0.5, 0.6) is 5.75 Å². The van der Waals surface area contributed by atoms with E-state index in [-0.39, 0.29) is 17.5 Å². The van der Waals surface area contributed by atoms with Gasteiger partial charge in [-0.05, 0) is 61.4 Å². The first-order chi connectivity index (χ1) is 16.3. The Kier molecular flexibility index (Phi) is 8.37. The number of para-hydroxylation sites is 1. The summed E-state index contributed by atoms with van der Waals surface area (Å²) >= 11 is 6.22. The topological polar surface area (TPSA) is 109 Å². The Morgan fingerprint density at radius 1 is 0.941 bits per heavy atom. The standard InChI is InChI=1S/C25H23ClN4O4/c1-16-7-10-19(11-8-16)28-23(31)15-34-22-12-9-18(13-20(22)26)14-27-30-25(33)24(32)29-21-6-4-3-5-17(21)2/h3-14H,15H2,1-2H3,(H,28,31)(H,29,32)(H,30,33)/b27-14-. The molecule has 174 valence electrons. The second kappa shape index (κ2) is 11.6. The van der Waals surface area contributed by atoms with E-state index in [0.717, 1.165) is 11.1 Å². The number of benzene rings is 3. The van der Waals surface area contributed by atoms with Crippen molar-refractivity contribution < 1.29 is 19.1 Å². The number of ether oxygens (including phenoxy) is 1. The molecule has 0 saturated heterocycles. The van der Waals surface area contributed by atoms with E-state index in [1.54, 1.807) is 42.5 Å². The van der Waals surface area contributed by atoms with Crippen molar-refractivity contribution in [1.82, 2.24) is 5.43 Å². The fourth-order valence-corrected chi connectivity index (χ4v) is 3.04. The maximum Gasteiger partial charge on any atom is 0.329 e. The third-order valence-electron chi connectivity index (χ3n) is 4.63. The maximum atomic E-state index is 12.1. The van der Waals surface area contributed by atoms with Gasteiger partial charge >= 0.3 is 11.8 Å². The molecule has 0 heterocycles. The number of hydrogen-bond donors (Lipinski definition) is 3. The molecule has 9 heteroatoms. The van der Waals surface area contributed by atoms with Gasteiger partial charge in [0.15, 0.2) is 6.61 Å². The SMILES string of the molecule is Cc1ccc(NC(=O)COc2ccc(/C=N\NC(=O)C(=O)Nc3ccccc3C)cc2Cl)cc1. The molecular formula is C25H23ClN4O4. The van der Waals surface area contributed by atoms with E-state index in [2.05, 4.69) is 21.2 Å². The maximum absolute atomic E-state index is 12.1. The summed E-state index contributed by atoms with van der Waals surface area (Å²) < 4.78 is 5.48. The number of hydrazone groups is 1. The van der Waals surface area contributed by atoms with Crippen LogP contribution in [0.25, 0.3) is 0 Å². The molecule has 0 aliphatic carbocycles. The molecule has 0 aliphatic heterocycles. The predicted molar refractivity (Wildman–Crippen MR) is 132 cm³/mol. The lowest BCUT2D eigenvalue weighted by Gasteiger charge is -2.09. The molecule has 0 spiro atoms. The first-order valence-corrected chi connectivity index (χ1v) is 10.7. The van der Waals surface area contributed by atoms with E-state index >= 15 is 0 Å². The number of amides is 3. The van der Waals surface area contributed by atoms with Gasteiger partial charge in [-0.2, -0.15) is 5.10 Å². The zero-order valence-corrected chi connectivity index (χ0v) is 19.3. The number of hydrogen-bond acceptors (Lipinski definition) is 5. The molecule has 3 aromatic carbocycles. The summed E-state index contributed by atoms with van der Waals surface area (Å²) in [7, 11) is 0. The number of aryl methyl sites for hydroxylation is 2. The van der Waals surface area contributed by atoms with Gasteiger partial charge < -0.3 is 15.4 Å². The quantitative estimate of drug-likeness (QED) is 0.270. The van der Waals surface area contributed by atoms with Crippen LogP contribution in [0.2, 0.25) is 5.02 Å². The number of rotatable bonds is 7. The summed E-state index contributed by atoms with van der Waals surface area (Å²) in [6.45, 7) is 3.56. The molecule has 0 aromatic heterocycles. The molecule has 34 heavy (non-hydrogen) atoms. The summed E-state index contributed by atoms with van der Waals surface area (Å²) in [6.07, 6.45) is 1.33. The van der Waals surface area contributed by atoms with Crippen molar-refractivity contribution in [3.05, 3.63) is 88.4 Å². The number of nitrogens with zero attached hydrogens (tertiary/aromatic N) is 1. The largest absolute Gasteiger partial charge is 0.482 e. The monoisotopic (exact) mass is 478 g/mol. The van der Waals surface area contributed by atoms with Crippen LogP contribution < -0.4 is 20.8 Å². The zero-order chi connectivity index (χ0) is 24.5. The van der Waals surface area contributed by atoms with Crippen LogP contribution >= 0.6 is 11.6 Å². The Morgan fingerprint density at radius 2 is 1.68 bits per heavy atom. The van der Waals surface area contributed by atoms with Gasteiger partial charge in [-0.3, -0.25) is 14.4 Å². The third-order valence-corrected chi connectivity index (χ3v) is 4.92. The zero-order valence-electron chi connectivity index (χ0n) is 18.6. The number of anilines is 2. The van der Waals surface area contributed by atoms with Crippen molar-refractivity contribution >= 4 is 46.9 Å². The van der Waals surface area contributed by atoms with Crippen molar-refractivity contribution in [2.24, 2.45) is 5.10 Å². The lowest BCUT2D eigenvalue weighted by atomic mass is 10.2. The first kappa shape index (κ1) is 24.5. The third kappa shape index (κ3) is 7.18. The Hall–Kier alpha value is -4.17. The van der Waals surface area contributed by atoms with E-state index in [4.69, 9.17) is 16.3 Å². The Morgan fingerprint density at radius 3 is 2.38 bits per heavy atom. The molecule has 0 saturated carbocycles. The van der Waals surface area contributed by atoms with Gasteiger partial charge in [-0.1, -0.05) is 47.5 Å². The smallest absolute Gasteiger partial charge is 0.329 e. The van der Waals surface area contributed by atoms with Gasteiger partial charge in [-0.25, -0.2) is 5.43 Å². The molecule has 3 amide bonds. The van der Waals surface area contributed by atoms with Crippen LogP contribution in [0.1, 0.15) is 16.7 Å². The Labute approximate surface area is 202 Å². The van der Waals surface area contributed by atoms with Crippen molar-refractivity contribution in [3.63, 3.8) is 0 Å². The van der Waals surface area contributed by atoms with E-state index in [1.807, 2.05) is 38.1 Å². The van der Waals surface area contributed by atoms with Gasteiger partial charge in [0.25, 0.3) is 5.91 Å². The number of carbonyl (C=O) groups is 3. The normalized spacial score (nSPS) is 10.6. The molecule has 0 fully saturated rings. The highest BCUT2D eigenvalue weighted by atomic mass is 35.5. The van der Waals surface area contributed by atoms with Crippen molar-refractivity contribution in [2.75, 3.05) is 17.2 Å². The second-order valence-electron chi connectivity index (χ2n) is 7.36. The van der Waals surface area contributed by atoms with Crippen LogP contribution in [0, 0.1) is 13.8 Å². The van der Waals surface area contributed by atoms with Crippen LogP contribution in [-0.2, 0) is 14.4 Å². The van der Waals surface area contributed by atoms with Gasteiger partial charge in [0.05, 0.1) is 11.2 Å². The van der Waals surface area contributed by atoms with Gasteiger partial charge in [0, 0.05) is 11.4 Å². The lowest BCUT2D eigenvalue weighted by molar-refractivity contribution is -0.136. The lowest BCUT2D eigenvalue weighted by Crippen LogP contribution is -2.32. The van der Waals surface area contributed by atoms with E-state index in [0.29, 0.717) is 22.7 Å². The number of carbonyl (C=O) groups excluding carboxylic acids is 3. The number of halogens is 1. The van der Waals surface area contributed by atoms with Crippen LogP contribution in [0.3, 0.4) is 0 Å². The fourth-order valence-electron chi connectivity index (χ4n) is 2.80. The molecule has 0 atom stereocenters. The van der Waals surface area contributed by atoms with Gasteiger partial charge in [0.1, 0.15) is 5.75 Å². The highest BCUT2D eigenvalue weighted by Gasteiger charge is 2.13. The average molecular weight is 479 g/mol. The molecule has 0 unspecified atom stereocenters. The Balaban J connectivity index is 1.48. The van der Waals surface area contributed by atoms with E-state index in [9.17, 15) is 14.4 Å². The van der Waals surface area contributed by atoms with Crippen molar-refractivity contribution in [2.45, 2.75) is 13.8 Å². The number of nitrogens with one attached hydrogen (secondary N) is 3. The predicted octanol–water partition coefficient (Wildman–Crippen LogP) is 4.06. The van der Waals surface area contributed by atoms with Crippen LogP contribution in [-0.4, -0.2) is 30.5 Å². The summed E-state index contributed by atoms with van der Waals surface area (Å²) in [5.74, 6) is -1.75. The molecule has 3 N–H and O–H groups in total. The second-order valence-corrected chi connectivity index (χ2v) is 7.77. The molecule has 3 aromatic rings. The summed E-state index contributed by atoms with van der Waals surface area (Å²) in [4.78, 5) is 36.0. The molecular weight excluding hydrogens is 456 g/mol. The van der Waals surface area contributed by atoms with Gasteiger partial charge in [-0.15, -0.1) is 0 Å². The van der Waals surface area contributed by atoms with E-state index < -0.39 is 11.8 Å². The highest BCUT2D eigenvalue weighted by molar-refractivity contribution is 6.39. The molecule has 8 nitrogen and oxygen atoms in total. The fraction of sp³-hybridized carbons (Fsp3) is 0.120. The first-order valence-electron chi connectivity index (χ1n) is 10.3. The van der Waals surface area contributed by atoms with Gasteiger partial charge in [0.2, 0.25) is 0 Å². The molecule has 3 rings (SSSR count). The summed E-state index contributed by atoms with van der Waals surface area (Å²) in [6, 6.07) is 19.3. The summed E-state index contributed by atoms with van der Waals surface area (Å²) in [5.41, 5.74) is 5.86. The van der Waals surface area contributed by atoms with Crippen molar-refractivity contribution in [3.8, 4) is 5.75 Å². The minimum atomic E-state index is -0.912. The van der Waals surface area contributed by atoms with Crippen LogP contribution in [0.4, 0.5) is 11.4 Å². The van der Waals surface area contributed by atoms with Crippen LogP contribution in [0.15, 0.2) is 71.8 Å². The van der Waals surface area contributed by atoms with E-state index in [1.165, 1.54) is 6.21 Å². The minimum absolute atomic E-state index is 0.215. The highest BCUT2D eigenvalue weighted by Crippen LogP contribution is 2.25. The minimum Gasteiger partial charge on any atom is -0.482 e. The average Bonchev–Trinajstić information content (AvgIpc) is 2.81.